The fourth-order valence-electron chi connectivity index (χ4n) is 2.17. The van der Waals surface area contributed by atoms with E-state index in [-0.39, 0.29) is 12.1 Å². The molecule has 1 unspecified atom stereocenters. The van der Waals surface area contributed by atoms with Gasteiger partial charge in [0.2, 0.25) is 0 Å². The van der Waals surface area contributed by atoms with Gasteiger partial charge in [0, 0.05) is 0 Å². The van der Waals surface area contributed by atoms with Gasteiger partial charge in [-0.15, -0.1) is 0 Å². The predicted octanol–water partition coefficient (Wildman–Crippen LogP) is 4.17. The number of unbranched alkanes of at least 4 members (excludes halogenated alkanes) is 4. The summed E-state index contributed by atoms with van der Waals surface area (Å²) in [7, 11) is -2.23. The van der Waals surface area contributed by atoms with Crippen molar-refractivity contribution in [2.24, 2.45) is 0 Å². The molecule has 1 rings (SSSR count). The van der Waals surface area contributed by atoms with Crippen molar-refractivity contribution in [1.82, 2.24) is 0 Å². The third-order valence-corrected chi connectivity index (χ3v) is 5.13. The monoisotopic (exact) mass is 340 g/mol. The summed E-state index contributed by atoms with van der Waals surface area (Å²) in [5.41, 5.74) is 0. The molecule has 23 heavy (non-hydrogen) atoms. The third-order valence-electron chi connectivity index (χ3n) is 3.51. The number of hydrogen-bond donors (Lipinski definition) is 0. The molecule has 0 heterocycles. The first-order valence-electron chi connectivity index (χ1n) is 8.59. The lowest BCUT2D eigenvalue weighted by Crippen LogP contribution is -2.13. The van der Waals surface area contributed by atoms with E-state index < -0.39 is 7.80 Å². The van der Waals surface area contributed by atoms with Crippen LogP contribution < -0.4 is 10.0 Å². The molecule has 0 amide bonds. The van der Waals surface area contributed by atoms with Crippen molar-refractivity contribution in [3.05, 3.63) is 24.3 Å². The number of carbonyl (C=O) groups excluding carboxylic acids is 1. The van der Waals surface area contributed by atoms with Gasteiger partial charge in [-0.1, -0.05) is 51.7 Å². The van der Waals surface area contributed by atoms with Crippen LogP contribution in [0.15, 0.2) is 24.3 Å². The first-order chi connectivity index (χ1) is 11.2. The van der Waals surface area contributed by atoms with Gasteiger partial charge in [0.25, 0.3) is 0 Å². The van der Waals surface area contributed by atoms with Crippen LogP contribution >= 0.6 is 7.80 Å². The molecule has 0 radical (unpaired) electrons. The number of hydrogen-bond acceptors (Lipinski definition) is 4. The van der Waals surface area contributed by atoms with Crippen LogP contribution in [-0.4, -0.2) is 25.3 Å². The topological polar surface area (TPSA) is 52.6 Å². The molecule has 0 saturated carbocycles. The van der Waals surface area contributed by atoms with Gasteiger partial charge < -0.3 is 14.0 Å². The van der Waals surface area contributed by atoms with Crippen molar-refractivity contribution in [2.75, 3.05) is 19.4 Å². The average Bonchev–Trinajstić information content (AvgIpc) is 2.56. The van der Waals surface area contributed by atoms with Crippen LogP contribution in [0.25, 0.3) is 0 Å². The summed E-state index contributed by atoms with van der Waals surface area (Å²) in [5.74, 6) is 0.247. The second kappa shape index (κ2) is 12.2. The normalized spacial score (nSPS) is 11.9. The molecule has 130 valence electrons. The van der Waals surface area contributed by atoms with Crippen LogP contribution in [0.2, 0.25) is 0 Å². The molecular weight excluding hydrogens is 311 g/mol. The van der Waals surface area contributed by atoms with Gasteiger partial charge in [0.1, 0.15) is 19.7 Å². The molecule has 0 aliphatic carbocycles. The van der Waals surface area contributed by atoms with E-state index in [0.717, 1.165) is 38.5 Å². The molecule has 0 aliphatic rings. The SMILES string of the molecule is CCCCCOC(=O)C[PH](=O)c1ccccc1OCCCCC. The minimum atomic E-state index is -2.23. The Morgan fingerprint density at radius 3 is 2.35 bits per heavy atom. The van der Waals surface area contributed by atoms with Crippen molar-refractivity contribution in [3.63, 3.8) is 0 Å². The molecule has 1 aromatic rings. The molecule has 0 saturated heterocycles. The van der Waals surface area contributed by atoms with E-state index in [1.54, 1.807) is 6.07 Å². The Labute approximate surface area is 140 Å². The lowest BCUT2D eigenvalue weighted by atomic mass is 10.3. The van der Waals surface area contributed by atoms with E-state index in [1.807, 2.05) is 18.2 Å². The van der Waals surface area contributed by atoms with Crippen LogP contribution in [0.3, 0.4) is 0 Å². The average molecular weight is 340 g/mol. The molecule has 0 bridgehead atoms. The highest BCUT2D eigenvalue weighted by molar-refractivity contribution is 7.54. The van der Waals surface area contributed by atoms with Gasteiger partial charge in [-0.25, -0.2) is 0 Å². The molecule has 1 aromatic carbocycles. The van der Waals surface area contributed by atoms with E-state index >= 15 is 0 Å². The molecule has 0 N–H and O–H groups in total. The van der Waals surface area contributed by atoms with E-state index in [9.17, 15) is 9.36 Å². The summed E-state index contributed by atoms with van der Waals surface area (Å²) in [4.78, 5) is 11.8. The van der Waals surface area contributed by atoms with Crippen LogP contribution in [0.4, 0.5) is 0 Å². The standard InChI is InChI=1S/C18H29O4P/c1-3-5-9-13-21-16-11-7-8-12-17(16)23(20)15-18(19)22-14-10-6-4-2/h7-8,11-12,23H,3-6,9-10,13-15H2,1-2H3. The van der Waals surface area contributed by atoms with Gasteiger partial charge >= 0.3 is 5.97 Å². The quantitative estimate of drug-likeness (QED) is 0.325. The predicted molar refractivity (Wildman–Crippen MR) is 95.4 cm³/mol. The van der Waals surface area contributed by atoms with Gasteiger partial charge in [0.15, 0.2) is 0 Å². The second-order valence-corrected chi connectivity index (χ2v) is 7.32. The smallest absolute Gasteiger partial charge is 0.313 e. The van der Waals surface area contributed by atoms with Crippen molar-refractivity contribution in [3.8, 4) is 5.75 Å². The fourth-order valence-corrected chi connectivity index (χ4v) is 3.44. The Balaban J connectivity index is 2.49. The summed E-state index contributed by atoms with van der Waals surface area (Å²) >= 11 is 0. The van der Waals surface area contributed by atoms with Crippen molar-refractivity contribution in [2.45, 2.75) is 52.4 Å². The second-order valence-electron chi connectivity index (χ2n) is 5.58. The van der Waals surface area contributed by atoms with E-state index in [0.29, 0.717) is 24.3 Å². The highest BCUT2D eigenvalue weighted by Crippen LogP contribution is 2.26. The van der Waals surface area contributed by atoms with Gasteiger partial charge in [-0.3, -0.25) is 4.79 Å². The zero-order chi connectivity index (χ0) is 16.9. The van der Waals surface area contributed by atoms with Crippen LogP contribution in [0, 0.1) is 0 Å². The van der Waals surface area contributed by atoms with Gasteiger partial charge in [-0.05, 0) is 25.0 Å². The molecule has 0 spiro atoms. The maximum atomic E-state index is 12.5. The molecule has 0 aliphatic heterocycles. The molecule has 1 atom stereocenters. The van der Waals surface area contributed by atoms with Crippen LogP contribution in [0.1, 0.15) is 52.4 Å². The van der Waals surface area contributed by atoms with Crippen molar-refractivity contribution >= 4 is 19.1 Å². The molecule has 5 heteroatoms. The Morgan fingerprint density at radius 2 is 1.65 bits per heavy atom. The lowest BCUT2D eigenvalue weighted by molar-refractivity contribution is -0.140. The first-order valence-corrected chi connectivity index (χ1v) is 10.2. The Bertz CT molecular complexity index is 488. The zero-order valence-electron chi connectivity index (χ0n) is 14.3. The fraction of sp³-hybridized carbons (Fsp3) is 0.611. The molecule has 4 nitrogen and oxygen atoms in total. The van der Waals surface area contributed by atoms with Gasteiger partial charge in [-0.2, -0.15) is 0 Å². The van der Waals surface area contributed by atoms with Gasteiger partial charge in [0.05, 0.1) is 18.5 Å². The van der Waals surface area contributed by atoms with Crippen molar-refractivity contribution < 1.29 is 18.8 Å². The third kappa shape index (κ3) is 8.22. The van der Waals surface area contributed by atoms with Crippen LogP contribution in [-0.2, 0) is 14.1 Å². The highest BCUT2D eigenvalue weighted by atomic mass is 31.1. The number of rotatable bonds is 12. The summed E-state index contributed by atoms with van der Waals surface area (Å²) in [6.07, 6.45) is 6.15. The number of ether oxygens (including phenoxy) is 2. The Hall–Kier alpha value is -1.28. The molecule has 0 aromatic heterocycles. The highest BCUT2D eigenvalue weighted by Gasteiger charge is 2.15. The van der Waals surface area contributed by atoms with Crippen LogP contribution in [0.5, 0.6) is 5.75 Å². The number of para-hydroxylation sites is 1. The molecular formula is C18H29O4P. The minimum absolute atomic E-state index is 0.0495. The van der Waals surface area contributed by atoms with E-state index in [4.69, 9.17) is 9.47 Å². The van der Waals surface area contributed by atoms with E-state index in [2.05, 4.69) is 13.8 Å². The summed E-state index contributed by atoms with van der Waals surface area (Å²) < 4.78 is 23.3. The summed E-state index contributed by atoms with van der Waals surface area (Å²) in [6, 6.07) is 7.28. The summed E-state index contributed by atoms with van der Waals surface area (Å²) in [5, 5.41) is 0.638. The minimum Gasteiger partial charge on any atom is -0.493 e. The number of benzene rings is 1. The molecule has 0 fully saturated rings. The Kier molecular flexibility index (Phi) is 10.5. The largest absolute Gasteiger partial charge is 0.493 e. The van der Waals surface area contributed by atoms with Crippen molar-refractivity contribution in [1.29, 1.82) is 0 Å². The Morgan fingerprint density at radius 1 is 1.00 bits per heavy atom. The summed E-state index contributed by atoms with van der Waals surface area (Å²) in [6.45, 7) is 5.26. The lowest BCUT2D eigenvalue weighted by Gasteiger charge is -2.11. The number of carbonyl (C=O) groups is 1. The first kappa shape index (κ1) is 19.8. The maximum Gasteiger partial charge on any atom is 0.313 e. The zero-order valence-corrected chi connectivity index (χ0v) is 15.3. The maximum absolute atomic E-state index is 12.5. The van der Waals surface area contributed by atoms with E-state index in [1.165, 1.54) is 0 Å². The number of esters is 1.